The summed E-state index contributed by atoms with van der Waals surface area (Å²) in [6, 6.07) is -0.526. The minimum atomic E-state index is -0.743. The average molecular weight is 241 g/mol. The molecule has 1 atom stereocenters. The fourth-order valence-corrected chi connectivity index (χ4v) is 1.65. The molecule has 0 spiro atoms. The van der Waals surface area contributed by atoms with Gasteiger partial charge in [0.1, 0.15) is 6.04 Å². The van der Waals surface area contributed by atoms with Gasteiger partial charge in [0.2, 0.25) is 11.8 Å². The lowest BCUT2D eigenvalue weighted by Gasteiger charge is -2.36. The first-order chi connectivity index (χ1) is 7.85. The summed E-state index contributed by atoms with van der Waals surface area (Å²) >= 11 is 0. The fourth-order valence-electron chi connectivity index (χ4n) is 1.65. The first-order valence-corrected chi connectivity index (χ1v) is 6.23. The largest absolute Gasteiger partial charge is 0.354 e. The molecule has 1 aliphatic rings. The van der Waals surface area contributed by atoms with Crippen molar-refractivity contribution in [2.75, 3.05) is 6.54 Å². The van der Waals surface area contributed by atoms with Crippen LogP contribution < -0.4 is 16.4 Å². The van der Waals surface area contributed by atoms with Crippen LogP contribution in [-0.2, 0) is 9.59 Å². The van der Waals surface area contributed by atoms with Crippen LogP contribution in [0.3, 0.4) is 0 Å². The van der Waals surface area contributed by atoms with Crippen LogP contribution in [0.1, 0.15) is 40.0 Å². The summed E-state index contributed by atoms with van der Waals surface area (Å²) in [5, 5.41) is 5.45. The Morgan fingerprint density at radius 2 is 1.88 bits per heavy atom. The maximum absolute atomic E-state index is 11.8. The number of amides is 2. The highest BCUT2D eigenvalue weighted by molar-refractivity contribution is 5.92. The first kappa shape index (κ1) is 14.0. The molecule has 2 amide bonds. The SMILES string of the molecule is CC(C)CNC(=O)C(C)NC(=O)C1(N)CCC1. The molecule has 5 nitrogen and oxygen atoms in total. The Bertz CT molecular complexity index is 298. The van der Waals surface area contributed by atoms with Crippen LogP contribution in [0.2, 0.25) is 0 Å². The zero-order valence-corrected chi connectivity index (χ0v) is 10.9. The van der Waals surface area contributed by atoms with Gasteiger partial charge in [-0.2, -0.15) is 0 Å². The number of carbonyl (C=O) groups excluding carboxylic acids is 2. The Morgan fingerprint density at radius 3 is 2.29 bits per heavy atom. The zero-order chi connectivity index (χ0) is 13.1. The van der Waals surface area contributed by atoms with Crippen LogP contribution in [0, 0.1) is 5.92 Å². The third-order valence-electron chi connectivity index (χ3n) is 3.12. The van der Waals surface area contributed by atoms with E-state index in [0.717, 1.165) is 6.42 Å². The van der Waals surface area contributed by atoms with Crippen molar-refractivity contribution in [2.45, 2.75) is 51.6 Å². The van der Waals surface area contributed by atoms with Crippen LogP contribution >= 0.6 is 0 Å². The third kappa shape index (κ3) is 3.70. The van der Waals surface area contributed by atoms with Crippen LogP contribution in [0.25, 0.3) is 0 Å². The fraction of sp³-hybridized carbons (Fsp3) is 0.833. The molecule has 0 heterocycles. The van der Waals surface area contributed by atoms with Crippen molar-refractivity contribution in [3.8, 4) is 0 Å². The van der Waals surface area contributed by atoms with E-state index in [-0.39, 0.29) is 11.8 Å². The molecule has 0 radical (unpaired) electrons. The van der Waals surface area contributed by atoms with E-state index in [0.29, 0.717) is 25.3 Å². The molecule has 0 aromatic heterocycles. The van der Waals surface area contributed by atoms with Crippen LogP contribution in [0.4, 0.5) is 0 Å². The number of hydrogen-bond acceptors (Lipinski definition) is 3. The van der Waals surface area contributed by atoms with Crippen molar-refractivity contribution >= 4 is 11.8 Å². The molecule has 1 saturated carbocycles. The van der Waals surface area contributed by atoms with Crippen molar-refractivity contribution in [1.29, 1.82) is 0 Å². The monoisotopic (exact) mass is 241 g/mol. The number of nitrogens with one attached hydrogen (secondary N) is 2. The Hall–Kier alpha value is -1.10. The van der Waals surface area contributed by atoms with Gasteiger partial charge in [0, 0.05) is 6.54 Å². The molecule has 5 heteroatoms. The van der Waals surface area contributed by atoms with Crippen molar-refractivity contribution in [1.82, 2.24) is 10.6 Å². The second-order valence-corrected chi connectivity index (χ2v) is 5.34. The Labute approximate surface area is 103 Å². The molecule has 17 heavy (non-hydrogen) atoms. The van der Waals surface area contributed by atoms with Crippen molar-refractivity contribution in [3.63, 3.8) is 0 Å². The van der Waals surface area contributed by atoms with Gasteiger partial charge in [-0.1, -0.05) is 13.8 Å². The minimum Gasteiger partial charge on any atom is -0.354 e. The molecule has 0 aromatic rings. The number of nitrogens with two attached hydrogens (primary N) is 1. The lowest BCUT2D eigenvalue weighted by molar-refractivity contribution is -0.133. The standard InChI is InChI=1S/C12H23N3O2/c1-8(2)7-14-10(16)9(3)15-11(17)12(13)5-4-6-12/h8-9H,4-7,13H2,1-3H3,(H,14,16)(H,15,17). The maximum Gasteiger partial charge on any atom is 0.242 e. The van der Waals surface area contributed by atoms with Gasteiger partial charge in [-0.3, -0.25) is 9.59 Å². The topological polar surface area (TPSA) is 84.2 Å². The van der Waals surface area contributed by atoms with Gasteiger partial charge in [0.15, 0.2) is 0 Å². The highest BCUT2D eigenvalue weighted by Gasteiger charge is 2.40. The van der Waals surface area contributed by atoms with Gasteiger partial charge in [0.05, 0.1) is 5.54 Å². The van der Waals surface area contributed by atoms with E-state index in [2.05, 4.69) is 10.6 Å². The van der Waals surface area contributed by atoms with Crippen LogP contribution in [0.15, 0.2) is 0 Å². The normalized spacial score (nSPS) is 19.4. The van der Waals surface area contributed by atoms with Gasteiger partial charge < -0.3 is 16.4 Å². The van der Waals surface area contributed by atoms with Gasteiger partial charge in [-0.25, -0.2) is 0 Å². The minimum absolute atomic E-state index is 0.157. The molecule has 0 saturated heterocycles. The summed E-state index contributed by atoms with van der Waals surface area (Å²) in [4.78, 5) is 23.4. The molecule has 0 aliphatic heterocycles. The van der Waals surface area contributed by atoms with Crippen molar-refractivity contribution in [3.05, 3.63) is 0 Å². The molecule has 4 N–H and O–H groups in total. The molecule has 98 valence electrons. The Kier molecular flexibility index (Phi) is 4.51. The highest BCUT2D eigenvalue weighted by atomic mass is 16.2. The van der Waals surface area contributed by atoms with Crippen LogP contribution in [0.5, 0.6) is 0 Å². The molecule has 0 aromatic carbocycles. The van der Waals surface area contributed by atoms with E-state index in [1.807, 2.05) is 13.8 Å². The summed E-state index contributed by atoms with van der Waals surface area (Å²) in [6.07, 6.45) is 2.40. The Morgan fingerprint density at radius 1 is 1.29 bits per heavy atom. The molecular formula is C12H23N3O2. The molecule has 1 aliphatic carbocycles. The van der Waals surface area contributed by atoms with Crippen molar-refractivity contribution in [2.24, 2.45) is 11.7 Å². The lowest BCUT2D eigenvalue weighted by Crippen LogP contribution is -2.61. The van der Waals surface area contributed by atoms with E-state index in [9.17, 15) is 9.59 Å². The second kappa shape index (κ2) is 5.49. The summed E-state index contributed by atoms with van der Waals surface area (Å²) in [6.45, 7) is 6.34. The van der Waals surface area contributed by atoms with E-state index in [1.165, 1.54) is 0 Å². The molecule has 1 fully saturated rings. The summed E-state index contributed by atoms with van der Waals surface area (Å²) in [5.41, 5.74) is 5.13. The van der Waals surface area contributed by atoms with Crippen molar-refractivity contribution < 1.29 is 9.59 Å². The van der Waals surface area contributed by atoms with E-state index in [1.54, 1.807) is 6.92 Å². The third-order valence-corrected chi connectivity index (χ3v) is 3.12. The van der Waals surface area contributed by atoms with E-state index in [4.69, 9.17) is 5.73 Å². The number of hydrogen-bond donors (Lipinski definition) is 3. The molecule has 1 unspecified atom stereocenters. The quantitative estimate of drug-likeness (QED) is 0.640. The predicted octanol–water partition coefficient (Wildman–Crippen LogP) is 0.145. The van der Waals surface area contributed by atoms with E-state index < -0.39 is 11.6 Å². The lowest BCUT2D eigenvalue weighted by atomic mass is 9.77. The molecular weight excluding hydrogens is 218 g/mol. The van der Waals surface area contributed by atoms with Gasteiger partial charge >= 0.3 is 0 Å². The first-order valence-electron chi connectivity index (χ1n) is 6.23. The smallest absolute Gasteiger partial charge is 0.242 e. The van der Waals surface area contributed by atoms with Gasteiger partial charge in [-0.05, 0) is 32.1 Å². The maximum atomic E-state index is 11.8. The van der Waals surface area contributed by atoms with Gasteiger partial charge in [-0.15, -0.1) is 0 Å². The predicted molar refractivity (Wildman–Crippen MR) is 66.2 cm³/mol. The Balaban J connectivity index is 2.35. The van der Waals surface area contributed by atoms with Gasteiger partial charge in [0.25, 0.3) is 0 Å². The average Bonchev–Trinajstić information content (AvgIpc) is 2.21. The summed E-state index contributed by atoms with van der Waals surface area (Å²) < 4.78 is 0. The summed E-state index contributed by atoms with van der Waals surface area (Å²) in [5.74, 6) is 0.0280. The zero-order valence-electron chi connectivity index (χ0n) is 10.9. The number of carbonyl (C=O) groups is 2. The molecule has 0 bridgehead atoms. The van der Waals surface area contributed by atoms with Crippen LogP contribution in [-0.4, -0.2) is 29.9 Å². The number of rotatable bonds is 5. The molecule has 1 rings (SSSR count). The summed E-state index contributed by atoms with van der Waals surface area (Å²) in [7, 11) is 0. The second-order valence-electron chi connectivity index (χ2n) is 5.34. The highest BCUT2D eigenvalue weighted by Crippen LogP contribution is 2.29. The van der Waals surface area contributed by atoms with E-state index >= 15 is 0 Å².